The first-order valence-electron chi connectivity index (χ1n) is 12.7. The molecular formula is C25H29N5O12S. The number of nitrogens with two attached hydrogens (primary N) is 1. The number of hydrogen-bond donors (Lipinski definition) is 2. The molecule has 0 saturated carbocycles. The fourth-order valence-electron chi connectivity index (χ4n) is 4.47. The Hall–Kier alpha value is -4.84. The minimum atomic E-state index is -3.91. The molecule has 3 amide bonds. The zero-order valence-electron chi connectivity index (χ0n) is 22.8. The number of nitrogens with zero attached hydrogens (tertiary/aromatic N) is 3. The van der Waals surface area contributed by atoms with Crippen LogP contribution in [-0.4, -0.2) is 72.7 Å². The molecule has 1 fully saturated rings. The second-order valence-corrected chi connectivity index (χ2v) is 11.3. The molecule has 1 unspecified atom stereocenters. The molecule has 1 aliphatic heterocycles. The van der Waals surface area contributed by atoms with Gasteiger partial charge in [-0.2, -0.15) is 8.42 Å². The fraction of sp³-hybridized carbons (Fsp3) is 0.400. The van der Waals surface area contributed by atoms with E-state index in [0.29, 0.717) is 11.1 Å². The fourth-order valence-corrected chi connectivity index (χ4v) is 5.11. The average molecular weight is 624 g/mol. The topological polar surface area (TPSA) is 241 Å². The Morgan fingerprint density at radius 3 is 1.95 bits per heavy atom. The number of benzene rings is 2. The molecule has 0 aromatic heterocycles. The van der Waals surface area contributed by atoms with Crippen molar-refractivity contribution < 1.29 is 46.3 Å². The molecule has 2 aromatic rings. The van der Waals surface area contributed by atoms with Crippen molar-refractivity contribution in [1.29, 1.82) is 0 Å². The van der Waals surface area contributed by atoms with E-state index in [0.717, 1.165) is 6.26 Å². The van der Waals surface area contributed by atoms with E-state index in [1.807, 2.05) is 0 Å². The SMILES string of the molecule is CS(=O)(=O)O[C@@H]1C[C@@H](C(CNC(=O)OCc2ccc([N+](=O)[O-])cc2)CC(N)=O)N(C(=O)OCc2ccc([N+](=O)[O-])cc2)C1. The maximum Gasteiger partial charge on any atom is 0.410 e. The van der Waals surface area contributed by atoms with Gasteiger partial charge in [-0.1, -0.05) is 0 Å². The van der Waals surface area contributed by atoms with Crippen LogP contribution in [0, 0.1) is 26.1 Å². The summed E-state index contributed by atoms with van der Waals surface area (Å²) in [6.45, 7) is -0.883. The summed E-state index contributed by atoms with van der Waals surface area (Å²) in [7, 11) is -3.91. The first-order chi connectivity index (χ1) is 20.2. The predicted octanol–water partition coefficient (Wildman–Crippen LogP) is 1.98. The van der Waals surface area contributed by atoms with Crippen molar-refractivity contribution in [3.05, 3.63) is 79.9 Å². The van der Waals surface area contributed by atoms with Crippen LogP contribution in [-0.2, 0) is 41.8 Å². The number of nitro benzene ring substituents is 2. The lowest BCUT2D eigenvalue weighted by Gasteiger charge is -2.30. The second-order valence-electron chi connectivity index (χ2n) is 9.67. The number of rotatable bonds is 13. The summed E-state index contributed by atoms with van der Waals surface area (Å²) in [6.07, 6.45) is -2.22. The van der Waals surface area contributed by atoms with Gasteiger partial charge < -0.3 is 25.4 Å². The Kier molecular flexibility index (Phi) is 10.9. The quantitative estimate of drug-likeness (QED) is 0.185. The van der Waals surface area contributed by atoms with Crippen LogP contribution in [0.4, 0.5) is 21.0 Å². The standard InChI is InChI=1S/C25H29N5O12S/c1-43(38,39)42-21-11-22(28(13-21)25(33)41-15-17-4-8-20(9-5-17)30(36)37)18(10-23(26)31)12-27-24(32)40-14-16-2-6-19(7-3-16)29(34)35/h2-9,18,21-22H,10-15H2,1H3,(H2,26,31)(H,27,32)/t18?,21-,22+/m1/s1. The van der Waals surface area contributed by atoms with Crippen LogP contribution in [0.25, 0.3) is 0 Å². The highest BCUT2D eigenvalue weighted by molar-refractivity contribution is 7.86. The summed E-state index contributed by atoms with van der Waals surface area (Å²) >= 11 is 0. The van der Waals surface area contributed by atoms with E-state index in [2.05, 4.69) is 5.32 Å². The second kappa shape index (κ2) is 14.4. The molecule has 1 saturated heterocycles. The molecule has 17 nitrogen and oxygen atoms in total. The van der Waals surface area contributed by atoms with Crippen molar-refractivity contribution in [3.63, 3.8) is 0 Å². The predicted molar refractivity (Wildman–Crippen MR) is 147 cm³/mol. The molecule has 3 rings (SSSR count). The Morgan fingerprint density at radius 1 is 0.977 bits per heavy atom. The normalized spacial score (nSPS) is 17.1. The van der Waals surface area contributed by atoms with Crippen molar-refractivity contribution in [2.45, 2.75) is 38.2 Å². The van der Waals surface area contributed by atoms with Gasteiger partial charge in [0.2, 0.25) is 5.91 Å². The Labute approximate surface area is 245 Å². The molecule has 0 bridgehead atoms. The van der Waals surface area contributed by atoms with Crippen LogP contribution in [0.3, 0.4) is 0 Å². The zero-order valence-corrected chi connectivity index (χ0v) is 23.6. The van der Waals surface area contributed by atoms with Crippen molar-refractivity contribution in [2.24, 2.45) is 11.7 Å². The van der Waals surface area contributed by atoms with E-state index in [1.165, 1.54) is 53.4 Å². The third kappa shape index (κ3) is 10.2. The molecule has 2 aromatic carbocycles. The van der Waals surface area contributed by atoms with E-state index in [1.54, 1.807) is 0 Å². The number of amides is 3. The number of likely N-dealkylation sites (tertiary alicyclic amines) is 1. The van der Waals surface area contributed by atoms with E-state index in [-0.39, 0.29) is 50.5 Å². The van der Waals surface area contributed by atoms with Gasteiger partial charge in [0.1, 0.15) is 13.2 Å². The monoisotopic (exact) mass is 623 g/mol. The molecule has 18 heteroatoms. The molecule has 1 aliphatic rings. The van der Waals surface area contributed by atoms with Crippen LogP contribution < -0.4 is 11.1 Å². The number of hydrogen-bond acceptors (Lipinski definition) is 12. The number of carbonyl (C=O) groups is 3. The van der Waals surface area contributed by atoms with Crippen molar-refractivity contribution in [1.82, 2.24) is 10.2 Å². The smallest absolute Gasteiger partial charge is 0.410 e. The van der Waals surface area contributed by atoms with Gasteiger partial charge in [-0.25, -0.2) is 9.59 Å². The summed E-state index contributed by atoms with van der Waals surface area (Å²) in [4.78, 5) is 59.0. The van der Waals surface area contributed by atoms with Crippen LogP contribution in [0.1, 0.15) is 24.0 Å². The zero-order chi connectivity index (χ0) is 31.7. The van der Waals surface area contributed by atoms with Crippen molar-refractivity contribution >= 4 is 39.6 Å². The third-order valence-electron chi connectivity index (χ3n) is 6.39. The lowest BCUT2D eigenvalue weighted by Crippen LogP contribution is -2.45. The van der Waals surface area contributed by atoms with Gasteiger partial charge >= 0.3 is 12.2 Å². The Balaban J connectivity index is 1.68. The maximum absolute atomic E-state index is 13.1. The Bertz CT molecular complexity index is 1450. The molecule has 3 N–H and O–H groups in total. The first kappa shape index (κ1) is 32.7. The summed E-state index contributed by atoms with van der Waals surface area (Å²) < 4.78 is 39.1. The van der Waals surface area contributed by atoms with Gasteiger partial charge in [0.05, 0.1) is 28.8 Å². The highest BCUT2D eigenvalue weighted by atomic mass is 32.2. The minimum Gasteiger partial charge on any atom is -0.445 e. The highest BCUT2D eigenvalue weighted by Gasteiger charge is 2.43. The van der Waals surface area contributed by atoms with Crippen LogP contribution in [0.15, 0.2) is 48.5 Å². The molecule has 0 radical (unpaired) electrons. The number of ether oxygens (including phenoxy) is 2. The highest BCUT2D eigenvalue weighted by Crippen LogP contribution is 2.30. The summed E-state index contributed by atoms with van der Waals surface area (Å²) in [5.41, 5.74) is 6.07. The van der Waals surface area contributed by atoms with E-state index in [9.17, 15) is 43.0 Å². The number of carbonyl (C=O) groups excluding carboxylic acids is 3. The molecule has 0 aliphatic carbocycles. The van der Waals surface area contributed by atoms with Crippen LogP contribution in [0.2, 0.25) is 0 Å². The van der Waals surface area contributed by atoms with Gasteiger partial charge in [0.25, 0.3) is 21.5 Å². The lowest BCUT2D eigenvalue weighted by molar-refractivity contribution is -0.385. The molecule has 1 heterocycles. The van der Waals surface area contributed by atoms with Gasteiger partial charge in [-0.3, -0.25) is 29.2 Å². The molecule has 43 heavy (non-hydrogen) atoms. The number of non-ortho nitro benzene ring substituents is 2. The van der Waals surface area contributed by atoms with Crippen LogP contribution >= 0.6 is 0 Å². The van der Waals surface area contributed by atoms with Crippen molar-refractivity contribution in [3.8, 4) is 0 Å². The molecular weight excluding hydrogens is 594 g/mol. The van der Waals surface area contributed by atoms with Crippen molar-refractivity contribution in [2.75, 3.05) is 19.3 Å². The van der Waals surface area contributed by atoms with E-state index < -0.39 is 56.1 Å². The van der Waals surface area contributed by atoms with E-state index in [4.69, 9.17) is 19.4 Å². The number of nitrogens with one attached hydrogen (secondary N) is 1. The Morgan fingerprint density at radius 2 is 1.49 bits per heavy atom. The van der Waals surface area contributed by atoms with Crippen LogP contribution in [0.5, 0.6) is 0 Å². The minimum absolute atomic E-state index is 0.0306. The molecule has 3 atom stereocenters. The third-order valence-corrected chi connectivity index (χ3v) is 7.01. The molecule has 0 spiro atoms. The maximum atomic E-state index is 13.1. The summed E-state index contributed by atoms with van der Waals surface area (Å²) in [5.74, 6) is -1.55. The summed E-state index contributed by atoms with van der Waals surface area (Å²) in [5, 5.41) is 24.1. The number of alkyl carbamates (subject to hydrolysis) is 1. The summed E-state index contributed by atoms with van der Waals surface area (Å²) in [6, 6.07) is 9.80. The molecule has 232 valence electrons. The lowest BCUT2D eigenvalue weighted by atomic mass is 9.93. The largest absolute Gasteiger partial charge is 0.445 e. The van der Waals surface area contributed by atoms with Gasteiger partial charge in [0, 0.05) is 49.2 Å². The number of primary amides is 1. The average Bonchev–Trinajstić information content (AvgIpc) is 3.35. The first-order valence-corrected chi connectivity index (χ1v) is 14.5. The van der Waals surface area contributed by atoms with Gasteiger partial charge in [-0.15, -0.1) is 0 Å². The van der Waals surface area contributed by atoms with Gasteiger partial charge in [-0.05, 0) is 41.8 Å². The van der Waals surface area contributed by atoms with E-state index >= 15 is 0 Å². The van der Waals surface area contributed by atoms with Gasteiger partial charge in [0.15, 0.2) is 0 Å². The number of nitro groups is 2.